The van der Waals surface area contributed by atoms with Crippen molar-refractivity contribution in [1.29, 1.82) is 0 Å². The van der Waals surface area contributed by atoms with Gasteiger partial charge in [-0.3, -0.25) is 4.79 Å². The largest absolute Gasteiger partial charge is 0.299 e. The number of hydrogen-bond donors (Lipinski definition) is 0. The summed E-state index contributed by atoms with van der Waals surface area (Å²) >= 11 is 0. The Bertz CT molecular complexity index is 372. The predicted molar refractivity (Wildman–Crippen MR) is 71.1 cm³/mol. The number of hydrogen-bond acceptors (Lipinski definition) is 1. The van der Waals surface area contributed by atoms with Crippen molar-refractivity contribution >= 4 is 5.78 Å². The van der Waals surface area contributed by atoms with E-state index in [1.807, 2.05) is 18.2 Å². The third kappa shape index (κ3) is 2.77. The van der Waals surface area contributed by atoms with Crippen LogP contribution in [0.1, 0.15) is 51.5 Å². The zero-order chi connectivity index (χ0) is 12.3. The van der Waals surface area contributed by atoms with Gasteiger partial charge in [-0.05, 0) is 25.3 Å². The summed E-state index contributed by atoms with van der Waals surface area (Å²) < 4.78 is 0. The lowest BCUT2D eigenvalue weighted by molar-refractivity contribution is -0.124. The van der Waals surface area contributed by atoms with Gasteiger partial charge in [-0.15, -0.1) is 0 Å². The van der Waals surface area contributed by atoms with Crippen LogP contribution in [0.5, 0.6) is 0 Å². The minimum absolute atomic E-state index is 0.330. The first-order valence-electron chi connectivity index (χ1n) is 6.69. The molecule has 1 aromatic carbocycles. The van der Waals surface area contributed by atoms with E-state index in [1.165, 1.54) is 25.7 Å². The fourth-order valence-corrected chi connectivity index (χ4v) is 2.75. The smallest absolute Gasteiger partial charge is 0.143 e. The first-order chi connectivity index (χ1) is 8.10. The standard InChI is InChI=1S/C16H22O/c1-16(2,14-10-4-3-5-11-14)15(17)12-13-8-6-7-9-13/h3-5,10-11,13H,6-9,12H2,1-2H3. The minimum Gasteiger partial charge on any atom is -0.299 e. The Morgan fingerprint density at radius 1 is 1.18 bits per heavy atom. The first-order valence-corrected chi connectivity index (χ1v) is 6.69. The summed E-state index contributed by atoms with van der Waals surface area (Å²) in [5, 5.41) is 0. The molecule has 1 aromatic rings. The van der Waals surface area contributed by atoms with Crippen LogP contribution < -0.4 is 0 Å². The van der Waals surface area contributed by atoms with Crippen LogP contribution in [-0.4, -0.2) is 5.78 Å². The Morgan fingerprint density at radius 2 is 1.76 bits per heavy atom. The summed E-state index contributed by atoms with van der Waals surface area (Å²) in [7, 11) is 0. The molecule has 0 bridgehead atoms. The molecule has 92 valence electrons. The molecule has 1 aliphatic rings. The van der Waals surface area contributed by atoms with Crippen molar-refractivity contribution in [2.45, 2.75) is 51.4 Å². The topological polar surface area (TPSA) is 17.1 Å². The average Bonchev–Trinajstić information content (AvgIpc) is 2.83. The molecule has 0 heterocycles. The molecule has 0 aromatic heterocycles. The lowest BCUT2D eigenvalue weighted by atomic mass is 9.77. The molecule has 0 aliphatic heterocycles. The van der Waals surface area contributed by atoms with Crippen molar-refractivity contribution in [3.05, 3.63) is 35.9 Å². The molecular weight excluding hydrogens is 208 g/mol. The second-order valence-electron chi connectivity index (χ2n) is 5.77. The summed E-state index contributed by atoms with van der Waals surface area (Å²) in [5.74, 6) is 1.04. The van der Waals surface area contributed by atoms with E-state index in [-0.39, 0.29) is 5.41 Å². The zero-order valence-electron chi connectivity index (χ0n) is 10.9. The van der Waals surface area contributed by atoms with Crippen molar-refractivity contribution in [2.75, 3.05) is 0 Å². The fourth-order valence-electron chi connectivity index (χ4n) is 2.75. The van der Waals surface area contributed by atoms with Crippen LogP contribution >= 0.6 is 0 Å². The van der Waals surface area contributed by atoms with Crippen LogP contribution in [-0.2, 0) is 10.2 Å². The van der Waals surface area contributed by atoms with E-state index in [9.17, 15) is 4.79 Å². The second-order valence-corrected chi connectivity index (χ2v) is 5.77. The molecule has 0 spiro atoms. The molecule has 0 radical (unpaired) electrons. The van der Waals surface area contributed by atoms with Gasteiger partial charge in [0.25, 0.3) is 0 Å². The lowest BCUT2D eigenvalue weighted by Crippen LogP contribution is -2.30. The molecular formula is C16H22O. The van der Waals surface area contributed by atoms with Crippen molar-refractivity contribution in [3.63, 3.8) is 0 Å². The van der Waals surface area contributed by atoms with Crippen LogP contribution in [0.25, 0.3) is 0 Å². The Balaban J connectivity index is 2.06. The quantitative estimate of drug-likeness (QED) is 0.760. The highest BCUT2D eigenvalue weighted by Gasteiger charge is 2.31. The third-order valence-electron chi connectivity index (χ3n) is 4.14. The highest BCUT2D eigenvalue weighted by molar-refractivity contribution is 5.89. The molecule has 1 saturated carbocycles. The number of ketones is 1. The van der Waals surface area contributed by atoms with Crippen LogP contribution in [0.15, 0.2) is 30.3 Å². The Kier molecular flexibility index (Phi) is 3.66. The highest BCUT2D eigenvalue weighted by Crippen LogP contribution is 2.32. The molecule has 0 N–H and O–H groups in total. The van der Waals surface area contributed by atoms with Gasteiger partial charge in [-0.2, -0.15) is 0 Å². The van der Waals surface area contributed by atoms with Gasteiger partial charge in [0.15, 0.2) is 0 Å². The van der Waals surface area contributed by atoms with Crippen LogP contribution in [0.2, 0.25) is 0 Å². The second kappa shape index (κ2) is 5.03. The molecule has 1 aliphatic carbocycles. The van der Waals surface area contributed by atoms with Crippen molar-refractivity contribution < 1.29 is 4.79 Å². The van der Waals surface area contributed by atoms with Gasteiger partial charge in [-0.25, -0.2) is 0 Å². The van der Waals surface area contributed by atoms with Gasteiger partial charge < -0.3 is 0 Å². The molecule has 17 heavy (non-hydrogen) atoms. The minimum atomic E-state index is -0.330. The molecule has 0 amide bonds. The van der Waals surface area contributed by atoms with Gasteiger partial charge in [0, 0.05) is 11.8 Å². The number of benzene rings is 1. The number of carbonyl (C=O) groups excluding carboxylic acids is 1. The van der Waals surface area contributed by atoms with E-state index in [1.54, 1.807) is 0 Å². The first kappa shape index (κ1) is 12.3. The fraction of sp³-hybridized carbons (Fsp3) is 0.562. The van der Waals surface area contributed by atoms with Gasteiger partial charge in [0.1, 0.15) is 5.78 Å². The maximum Gasteiger partial charge on any atom is 0.143 e. The van der Waals surface area contributed by atoms with Gasteiger partial charge in [0.05, 0.1) is 0 Å². The van der Waals surface area contributed by atoms with Crippen molar-refractivity contribution in [3.8, 4) is 0 Å². The molecule has 2 rings (SSSR count). The zero-order valence-corrected chi connectivity index (χ0v) is 10.9. The Labute approximate surface area is 104 Å². The van der Waals surface area contributed by atoms with E-state index in [4.69, 9.17) is 0 Å². The molecule has 0 atom stereocenters. The predicted octanol–water partition coefficient (Wildman–Crippen LogP) is 4.11. The van der Waals surface area contributed by atoms with Gasteiger partial charge in [-0.1, -0.05) is 56.0 Å². The summed E-state index contributed by atoms with van der Waals surface area (Å²) in [5.41, 5.74) is 0.812. The maximum atomic E-state index is 12.4. The molecule has 1 heteroatoms. The number of carbonyl (C=O) groups is 1. The lowest BCUT2D eigenvalue weighted by Gasteiger charge is -2.25. The van der Waals surface area contributed by atoms with Crippen molar-refractivity contribution in [2.24, 2.45) is 5.92 Å². The van der Waals surface area contributed by atoms with E-state index in [2.05, 4.69) is 26.0 Å². The molecule has 1 nitrogen and oxygen atoms in total. The Morgan fingerprint density at radius 3 is 2.35 bits per heavy atom. The van der Waals surface area contributed by atoms with E-state index < -0.39 is 0 Å². The average molecular weight is 230 g/mol. The van der Waals surface area contributed by atoms with Gasteiger partial charge in [0.2, 0.25) is 0 Å². The van der Waals surface area contributed by atoms with Gasteiger partial charge >= 0.3 is 0 Å². The van der Waals surface area contributed by atoms with E-state index >= 15 is 0 Å². The van der Waals surface area contributed by atoms with Crippen molar-refractivity contribution in [1.82, 2.24) is 0 Å². The summed E-state index contributed by atoms with van der Waals surface area (Å²) in [4.78, 5) is 12.4. The highest BCUT2D eigenvalue weighted by atomic mass is 16.1. The Hall–Kier alpha value is -1.11. The van der Waals surface area contributed by atoms with Crippen LogP contribution in [0.3, 0.4) is 0 Å². The third-order valence-corrected chi connectivity index (χ3v) is 4.14. The summed E-state index contributed by atoms with van der Waals surface area (Å²) in [6.07, 6.45) is 5.88. The number of rotatable bonds is 4. The van der Waals surface area contributed by atoms with Crippen LogP contribution in [0.4, 0.5) is 0 Å². The van der Waals surface area contributed by atoms with E-state index in [0.29, 0.717) is 11.7 Å². The molecule has 0 unspecified atom stereocenters. The van der Waals surface area contributed by atoms with Crippen LogP contribution in [0, 0.1) is 5.92 Å². The number of Topliss-reactive ketones (excluding diaryl/α,β-unsaturated/α-hetero) is 1. The molecule has 0 saturated heterocycles. The summed E-state index contributed by atoms with van der Waals surface area (Å²) in [6.45, 7) is 4.11. The van der Waals surface area contributed by atoms with E-state index in [0.717, 1.165) is 12.0 Å². The monoisotopic (exact) mass is 230 g/mol. The normalized spacial score (nSPS) is 17.3. The molecule has 1 fully saturated rings. The SMILES string of the molecule is CC(C)(C(=O)CC1CCCC1)c1ccccc1. The maximum absolute atomic E-state index is 12.4. The summed E-state index contributed by atoms with van der Waals surface area (Å²) in [6, 6.07) is 10.2.